The average Bonchev–Trinajstić information content (AvgIpc) is 2.38. The minimum atomic E-state index is -2.10. The van der Waals surface area contributed by atoms with E-state index in [1.807, 2.05) is 0 Å². The Bertz CT molecular complexity index is 319. The highest BCUT2D eigenvalue weighted by atomic mass is 35.6. The van der Waals surface area contributed by atoms with Crippen LogP contribution in [-0.2, 0) is 28.5 Å². The summed E-state index contributed by atoms with van der Waals surface area (Å²) in [6.07, 6.45) is 0. The number of ether oxygens (including phenoxy) is 4. The Labute approximate surface area is 157 Å². The van der Waals surface area contributed by atoms with E-state index in [1.165, 1.54) is 0 Å². The molecule has 0 unspecified atom stereocenters. The molecule has 0 aliphatic rings. The van der Waals surface area contributed by atoms with Crippen LogP contribution in [0.4, 0.5) is 0 Å². The van der Waals surface area contributed by atoms with Gasteiger partial charge < -0.3 is 18.9 Å². The first-order valence-electron chi connectivity index (χ1n) is 5.68. The zero-order chi connectivity index (χ0) is 17.2. The molecule has 0 saturated heterocycles. The van der Waals surface area contributed by atoms with E-state index >= 15 is 0 Å². The van der Waals surface area contributed by atoms with Crippen LogP contribution in [0.25, 0.3) is 0 Å². The SMILES string of the molecule is O=C(OCCOCCOCCOC(=O)C(Cl)(Cl)Cl)C(Cl)(Cl)Cl. The number of rotatable bonds is 9. The molecule has 0 heterocycles. The summed E-state index contributed by atoms with van der Waals surface area (Å²) in [5.74, 6) is -1.96. The number of hydrogen-bond donors (Lipinski definition) is 0. The molecule has 0 rings (SSSR count). The van der Waals surface area contributed by atoms with Gasteiger partial charge in [-0.15, -0.1) is 0 Å². The number of carbonyl (C=O) groups excluding carboxylic acids is 2. The van der Waals surface area contributed by atoms with Crippen molar-refractivity contribution in [2.45, 2.75) is 7.59 Å². The van der Waals surface area contributed by atoms with Crippen molar-refractivity contribution in [3.8, 4) is 0 Å². The van der Waals surface area contributed by atoms with E-state index in [0.717, 1.165) is 0 Å². The lowest BCUT2D eigenvalue weighted by Gasteiger charge is -2.11. The van der Waals surface area contributed by atoms with Gasteiger partial charge in [0.1, 0.15) is 13.2 Å². The summed E-state index contributed by atoms with van der Waals surface area (Å²) in [5.41, 5.74) is 0. The van der Waals surface area contributed by atoms with Crippen molar-refractivity contribution in [2.24, 2.45) is 0 Å². The van der Waals surface area contributed by atoms with Crippen LogP contribution in [-0.4, -0.2) is 59.2 Å². The van der Waals surface area contributed by atoms with Gasteiger partial charge in [0.25, 0.3) is 7.59 Å². The van der Waals surface area contributed by atoms with Gasteiger partial charge >= 0.3 is 11.9 Å². The minimum Gasteiger partial charge on any atom is -0.460 e. The molecule has 0 aromatic rings. The first-order chi connectivity index (χ1) is 10.0. The largest absolute Gasteiger partial charge is 0.460 e. The summed E-state index contributed by atoms with van der Waals surface area (Å²) in [6, 6.07) is 0. The van der Waals surface area contributed by atoms with Crippen molar-refractivity contribution >= 4 is 81.5 Å². The van der Waals surface area contributed by atoms with Crippen LogP contribution < -0.4 is 0 Å². The van der Waals surface area contributed by atoms with E-state index < -0.39 is 19.5 Å². The Kier molecular flexibility index (Phi) is 11.5. The zero-order valence-corrected chi connectivity index (χ0v) is 15.5. The molecule has 0 N–H and O–H groups in total. The van der Waals surface area contributed by atoms with Crippen LogP contribution in [0.2, 0.25) is 0 Å². The van der Waals surface area contributed by atoms with Gasteiger partial charge in [-0.25, -0.2) is 9.59 Å². The normalized spacial score (nSPS) is 12.1. The number of esters is 2. The van der Waals surface area contributed by atoms with Crippen molar-refractivity contribution in [3.63, 3.8) is 0 Å². The summed E-state index contributed by atoms with van der Waals surface area (Å²) in [7, 11) is 0. The van der Waals surface area contributed by atoms with Crippen LogP contribution >= 0.6 is 69.6 Å². The topological polar surface area (TPSA) is 71.1 Å². The van der Waals surface area contributed by atoms with Crippen molar-refractivity contribution in [3.05, 3.63) is 0 Å². The van der Waals surface area contributed by atoms with Crippen LogP contribution in [0, 0.1) is 0 Å². The molecule has 0 radical (unpaired) electrons. The Morgan fingerprint density at radius 1 is 0.591 bits per heavy atom. The fourth-order valence-corrected chi connectivity index (χ4v) is 1.20. The number of hydrogen-bond acceptors (Lipinski definition) is 6. The van der Waals surface area contributed by atoms with Crippen LogP contribution in [0.15, 0.2) is 0 Å². The summed E-state index contributed by atoms with van der Waals surface area (Å²) < 4.78 is 15.2. The van der Waals surface area contributed by atoms with E-state index in [1.54, 1.807) is 0 Å². The molecule has 6 nitrogen and oxygen atoms in total. The van der Waals surface area contributed by atoms with Crippen molar-refractivity contribution in [2.75, 3.05) is 39.6 Å². The number of carbonyl (C=O) groups is 2. The molecular formula is C10H12Cl6O6. The minimum absolute atomic E-state index is 0.0619. The first kappa shape index (κ1) is 22.6. The standard InChI is InChI=1S/C10H12Cl6O6/c11-9(12,13)7(17)21-5-3-19-1-2-20-4-6-22-8(18)10(14,15)16/h1-6H2. The van der Waals surface area contributed by atoms with Crippen LogP contribution in [0.1, 0.15) is 0 Å². The predicted molar refractivity (Wildman–Crippen MR) is 84.1 cm³/mol. The molecule has 0 aromatic carbocycles. The molecular weight excluding hydrogens is 429 g/mol. The maximum atomic E-state index is 11.0. The molecule has 0 aromatic heterocycles. The second-order valence-electron chi connectivity index (χ2n) is 3.49. The third-order valence-corrected chi connectivity index (χ3v) is 2.68. The summed E-state index contributed by atoms with van der Waals surface area (Å²) in [4.78, 5) is 22.1. The first-order valence-corrected chi connectivity index (χ1v) is 7.95. The van der Waals surface area contributed by atoms with Gasteiger partial charge in [0.15, 0.2) is 0 Å². The van der Waals surface area contributed by atoms with E-state index in [0.29, 0.717) is 0 Å². The molecule has 0 bridgehead atoms. The molecule has 0 aliphatic carbocycles. The molecule has 0 amide bonds. The number of alkyl halides is 6. The van der Waals surface area contributed by atoms with E-state index in [-0.39, 0.29) is 39.6 Å². The third-order valence-electron chi connectivity index (χ3n) is 1.76. The second kappa shape index (κ2) is 11.2. The van der Waals surface area contributed by atoms with Crippen LogP contribution in [0.5, 0.6) is 0 Å². The molecule has 0 spiro atoms. The Morgan fingerprint density at radius 2 is 0.864 bits per heavy atom. The lowest BCUT2D eigenvalue weighted by molar-refractivity contribution is -0.145. The molecule has 0 fully saturated rings. The Hall–Kier alpha value is 0.600. The van der Waals surface area contributed by atoms with E-state index in [4.69, 9.17) is 79.1 Å². The van der Waals surface area contributed by atoms with Gasteiger partial charge in [-0.05, 0) is 0 Å². The Morgan fingerprint density at radius 3 is 1.14 bits per heavy atom. The van der Waals surface area contributed by atoms with Gasteiger partial charge in [0, 0.05) is 0 Å². The van der Waals surface area contributed by atoms with Gasteiger partial charge in [-0.3, -0.25) is 0 Å². The molecule has 130 valence electrons. The van der Waals surface area contributed by atoms with E-state index in [2.05, 4.69) is 9.47 Å². The van der Waals surface area contributed by atoms with Gasteiger partial charge in [-0.1, -0.05) is 69.6 Å². The maximum absolute atomic E-state index is 11.0. The lowest BCUT2D eigenvalue weighted by Crippen LogP contribution is -2.24. The molecule has 0 saturated carbocycles. The second-order valence-corrected chi connectivity index (χ2v) is 8.05. The van der Waals surface area contributed by atoms with Crippen molar-refractivity contribution in [1.82, 2.24) is 0 Å². The average molecular weight is 441 g/mol. The fraction of sp³-hybridized carbons (Fsp3) is 0.800. The smallest absolute Gasteiger partial charge is 0.358 e. The molecule has 0 aliphatic heterocycles. The molecule has 12 heteroatoms. The maximum Gasteiger partial charge on any atom is 0.358 e. The van der Waals surface area contributed by atoms with E-state index in [9.17, 15) is 9.59 Å². The summed E-state index contributed by atoms with van der Waals surface area (Å²) >= 11 is 31.7. The molecule has 0 atom stereocenters. The fourth-order valence-electron chi connectivity index (χ4n) is 0.872. The highest BCUT2D eigenvalue weighted by Gasteiger charge is 2.33. The van der Waals surface area contributed by atoms with Gasteiger partial charge in [0.2, 0.25) is 0 Å². The monoisotopic (exact) mass is 438 g/mol. The third kappa shape index (κ3) is 12.1. The highest BCUT2D eigenvalue weighted by Crippen LogP contribution is 2.27. The Balaban J connectivity index is 3.38. The molecule has 22 heavy (non-hydrogen) atoms. The van der Waals surface area contributed by atoms with Crippen LogP contribution in [0.3, 0.4) is 0 Å². The predicted octanol–water partition coefficient (Wildman–Crippen LogP) is 2.85. The van der Waals surface area contributed by atoms with Crippen molar-refractivity contribution < 1.29 is 28.5 Å². The summed E-state index contributed by atoms with van der Waals surface area (Å²) in [5, 5.41) is 0. The van der Waals surface area contributed by atoms with Gasteiger partial charge in [0.05, 0.1) is 26.4 Å². The highest BCUT2D eigenvalue weighted by molar-refractivity contribution is 6.76. The lowest BCUT2D eigenvalue weighted by atomic mass is 10.7. The summed E-state index contributed by atoms with van der Waals surface area (Å²) in [6.45, 7) is 0.546. The quantitative estimate of drug-likeness (QED) is 0.312. The van der Waals surface area contributed by atoms with Gasteiger partial charge in [-0.2, -0.15) is 0 Å². The number of halogens is 6. The zero-order valence-electron chi connectivity index (χ0n) is 11.0. The van der Waals surface area contributed by atoms with Crippen molar-refractivity contribution in [1.29, 1.82) is 0 Å².